The zero-order valence-electron chi connectivity index (χ0n) is 18.6. The number of hydrogen-bond donors (Lipinski definition) is 4. The van der Waals surface area contributed by atoms with Gasteiger partial charge in [-0.15, -0.1) is 0 Å². The summed E-state index contributed by atoms with van der Waals surface area (Å²) in [4.78, 5) is 62.3. The standard InChI is InChI=1S/C22H28ClN3O7/c1-22(2,3)18(25-19(31)13-6-4-8-15(28)17(13)23)21(33)26-9-5-7-14(26)20(32)24-12(11-27)10-16(29)30/h4,6,8,11-12,14,18,28H,5,7,9-10H2,1-3H3,(H,24,32)(H,25,31)(H,29,30)/t12-,14-,18+/m0/s1. The lowest BCUT2D eigenvalue weighted by molar-refractivity contribution is -0.143. The van der Waals surface area contributed by atoms with Crippen LogP contribution < -0.4 is 10.6 Å². The molecule has 0 aromatic heterocycles. The first kappa shape index (κ1) is 26.1. The zero-order chi connectivity index (χ0) is 24.9. The molecule has 0 radical (unpaired) electrons. The number of benzene rings is 1. The highest BCUT2D eigenvalue weighted by Gasteiger charge is 2.42. The van der Waals surface area contributed by atoms with Crippen molar-refractivity contribution < 1.29 is 34.2 Å². The lowest BCUT2D eigenvalue weighted by Crippen LogP contribution is -2.58. The lowest BCUT2D eigenvalue weighted by Gasteiger charge is -2.35. The van der Waals surface area contributed by atoms with Gasteiger partial charge in [-0.2, -0.15) is 0 Å². The van der Waals surface area contributed by atoms with Gasteiger partial charge in [0.25, 0.3) is 5.91 Å². The molecule has 0 aliphatic carbocycles. The number of nitrogens with one attached hydrogen (secondary N) is 2. The fraction of sp³-hybridized carbons (Fsp3) is 0.500. The molecule has 1 saturated heterocycles. The number of carbonyl (C=O) groups excluding carboxylic acids is 4. The van der Waals surface area contributed by atoms with Gasteiger partial charge in [0, 0.05) is 6.54 Å². The maximum absolute atomic E-state index is 13.4. The van der Waals surface area contributed by atoms with Crippen LogP contribution in [0, 0.1) is 5.41 Å². The molecule has 0 saturated carbocycles. The molecule has 10 nitrogen and oxygen atoms in total. The molecule has 0 spiro atoms. The summed E-state index contributed by atoms with van der Waals surface area (Å²) in [6.07, 6.45) is 0.628. The van der Waals surface area contributed by atoms with Crippen molar-refractivity contribution in [3.63, 3.8) is 0 Å². The minimum Gasteiger partial charge on any atom is -0.506 e. The topological polar surface area (TPSA) is 153 Å². The number of hydrogen-bond acceptors (Lipinski definition) is 6. The normalized spacial score (nSPS) is 17.7. The predicted octanol–water partition coefficient (Wildman–Crippen LogP) is 1.34. The number of aldehydes is 1. The Morgan fingerprint density at radius 1 is 1.24 bits per heavy atom. The van der Waals surface area contributed by atoms with E-state index in [1.54, 1.807) is 20.8 Å². The Morgan fingerprint density at radius 3 is 2.48 bits per heavy atom. The van der Waals surface area contributed by atoms with Gasteiger partial charge in [0.1, 0.15) is 24.1 Å². The SMILES string of the molecule is CC(C)(C)[C@H](NC(=O)c1cccc(O)c1Cl)C(=O)N1CCC[C@H]1C(=O)N[C@H](C=O)CC(=O)O. The second kappa shape index (κ2) is 10.7. The van der Waals surface area contributed by atoms with Gasteiger partial charge in [0.05, 0.1) is 23.0 Å². The number of likely N-dealkylation sites (tertiary alicyclic amines) is 1. The Balaban J connectivity index is 2.23. The number of nitrogens with zero attached hydrogens (tertiary/aromatic N) is 1. The Kier molecular flexibility index (Phi) is 8.43. The molecule has 180 valence electrons. The quantitative estimate of drug-likeness (QED) is 0.408. The number of aromatic hydroxyl groups is 1. The molecule has 33 heavy (non-hydrogen) atoms. The van der Waals surface area contributed by atoms with Crippen molar-refractivity contribution in [2.75, 3.05) is 6.54 Å². The number of phenolic OH excluding ortho intramolecular Hbond substituents is 1. The molecule has 1 aliphatic heterocycles. The molecule has 1 aromatic rings. The summed E-state index contributed by atoms with van der Waals surface area (Å²) in [6, 6.07) is 1.05. The third-order valence-corrected chi connectivity index (χ3v) is 5.73. The highest BCUT2D eigenvalue weighted by molar-refractivity contribution is 6.35. The molecule has 3 amide bonds. The second-order valence-electron chi connectivity index (χ2n) is 8.95. The summed E-state index contributed by atoms with van der Waals surface area (Å²) in [5.41, 5.74) is -0.745. The third-order valence-electron chi connectivity index (χ3n) is 5.34. The highest BCUT2D eigenvalue weighted by atomic mass is 35.5. The first-order chi connectivity index (χ1) is 15.4. The monoisotopic (exact) mass is 481 g/mol. The fourth-order valence-electron chi connectivity index (χ4n) is 3.62. The van der Waals surface area contributed by atoms with Gasteiger partial charge in [0.2, 0.25) is 11.8 Å². The van der Waals surface area contributed by atoms with E-state index in [1.165, 1.54) is 23.1 Å². The Bertz CT molecular complexity index is 944. The van der Waals surface area contributed by atoms with Crippen LogP contribution in [-0.2, 0) is 19.2 Å². The van der Waals surface area contributed by atoms with Crippen molar-refractivity contribution in [1.29, 1.82) is 0 Å². The van der Waals surface area contributed by atoms with Crippen LogP contribution in [0.25, 0.3) is 0 Å². The molecule has 0 unspecified atom stereocenters. The predicted molar refractivity (Wildman–Crippen MR) is 119 cm³/mol. The van der Waals surface area contributed by atoms with Crippen molar-refractivity contribution in [2.24, 2.45) is 5.41 Å². The molecule has 4 N–H and O–H groups in total. The van der Waals surface area contributed by atoms with E-state index in [9.17, 15) is 29.1 Å². The van der Waals surface area contributed by atoms with E-state index in [1.807, 2.05) is 0 Å². The van der Waals surface area contributed by atoms with E-state index >= 15 is 0 Å². The van der Waals surface area contributed by atoms with Crippen LogP contribution >= 0.6 is 11.6 Å². The van der Waals surface area contributed by atoms with Crippen molar-refractivity contribution in [3.05, 3.63) is 28.8 Å². The summed E-state index contributed by atoms with van der Waals surface area (Å²) in [5.74, 6) is -3.30. The summed E-state index contributed by atoms with van der Waals surface area (Å²) < 4.78 is 0. The molecule has 1 fully saturated rings. The van der Waals surface area contributed by atoms with Crippen LogP contribution in [0.1, 0.15) is 50.4 Å². The summed E-state index contributed by atoms with van der Waals surface area (Å²) in [6.45, 7) is 5.51. The van der Waals surface area contributed by atoms with Gasteiger partial charge in [-0.3, -0.25) is 19.2 Å². The molecule has 2 rings (SSSR count). The number of halogens is 1. The minimum absolute atomic E-state index is 0.00285. The average Bonchev–Trinajstić information content (AvgIpc) is 3.21. The van der Waals surface area contributed by atoms with Gasteiger partial charge in [-0.1, -0.05) is 38.4 Å². The van der Waals surface area contributed by atoms with Gasteiger partial charge in [0.15, 0.2) is 0 Å². The number of carboxylic acids is 1. The average molecular weight is 482 g/mol. The van der Waals surface area contributed by atoms with Crippen molar-refractivity contribution in [3.8, 4) is 5.75 Å². The molecular formula is C22H28ClN3O7. The maximum Gasteiger partial charge on any atom is 0.305 e. The Labute approximate surface area is 196 Å². The molecule has 0 bridgehead atoms. The van der Waals surface area contributed by atoms with Gasteiger partial charge in [-0.05, 0) is 30.4 Å². The number of aliphatic carboxylic acids is 1. The van der Waals surface area contributed by atoms with E-state index in [0.717, 1.165) is 0 Å². The molecule has 1 aromatic carbocycles. The van der Waals surface area contributed by atoms with Crippen LogP contribution in [0.15, 0.2) is 18.2 Å². The van der Waals surface area contributed by atoms with Gasteiger partial charge < -0.3 is 30.5 Å². The molecule has 11 heteroatoms. The summed E-state index contributed by atoms with van der Waals surface area (Å²) in [7, 11) is 0. The van der Waals surface area contributed by atoms with E-state index in [2.05, 4.69) is 10.6 Å². The molecule has 1 heterocycles. The number of rotatable bonds is 8. The lowest BCUT2D eigenvalue weighted by atomic mass is 9.85. The van der Waals surface area contributed by atoms with Crippen molar-refractivity contribution >= 4 is 41.6 Å². The van der Waals surface area contributed by atoms with Crippen LogP contribution in [0.5, 0.6) is 5.75 Å². The maximum atomic E-state index is 13.4. The third kappa shape index (κ3) is 6.44. The minimum atomic E-state index is -1.24. The van der Waals surface area contributed by atoms with Gasteiger partial charge >= 0.3 is 5.97 Å². The van der Waals surface area contributed by atoms with Crippen LogP contribution in [0.3, 0.4) is 0 Å². The van der Waals surface area contributed by atoms with E-state index in [0.29, 0.717) is 19.1 Å². The Hall–Kier alpha value is -3.14. The zero-order valence-corrected chi connectivity index (χ0v) is 19.4. The highest BCUT2D eigenvalue weighted by Crippen LogP contribution is 2.29. The first-order valence-electron chi connectivity index (χ1n) is 10.4. The number of carboxylic acid groups (broad SMARTS) is 1. The van der Waals surface area contributed by atoms with Crippen LogP contribution in [0.4, 0.5) is 0 Å². The van der Waals surface area contributed by atoms with E-state index in [-0.39, 0.29) is 22.9 Å². The Morgan fingerprint density at radius 2 is 1.91 bits per heavy atom. The summed E-state index contributed by atoms with van der Waals surface area (Å²) in [5, 5.41) is 23.5. The van der Waals surface area contributed by atoms with Crippen molar-refractivity contribution in [1.82, 2.24) is 15.5 Å². The van der Waals surface area contributed by atoms with E-state index in [4.69, 9.17) is 16.7 Å². The van der Waals surface area contributed by atoms with Crippen LogP contribution in [0.2, 0.25) is 5.02 Å². The molecule has 1 aliphatic rings. The fourth-order valence-corrected chi connectivity index (χ4v) is 3.83. The van der Waals surface area contributed by atoms with E-state index < -0.39 is 53.7 Å². The second-order valence-corrected chi connectivity index (χ2v) is 9.33. The molecule has 3 atom stereocenters. The van der Waals surface area contributed by atoms with Crippen molar-refractivity contribution in [2.45, 2.75) is 58.2 Å². The van der Waals surface area contributed by atoms with Gasteiger partial charge in [-0.25, -0.2) is 0 Å². The number of carbonyl (C=O) groups is 5. The number of amides is 3. The summed E-state index contributed by atoms with van der Waals surface area (Å²) >= 11 is 6.03. The molecular weight excluding hydrogens is 454 g/mol. The largest absolute Gasteiger partial charge is 0.506 e. The first-order valence-corrected chi connectivity index (χ1v) is 10.8. The smallest absolute Gasteiger partial charge is 0.305 e. The number of phenols is 1. The van der Waals surface area contributed by atoms with Crippen LogP contribution in [-0.4, -0.2) is 69.8 Å².